The van der Waals surface area contributed by atoms with Crippen molar-refractivity contribution < 1.29 is 9.59 Å². The van der Waals surface area contributed by atoms with Crippen molar-refractivity contribution in [3.63, 3.8) is 0 Å². The number of H-pyrrole nitrogens is 1. The van der Waals surface area contributed by atoms with E-state index in [9.17, 15) is 9.59 Å². The highest BCUT2D eigenvalue weighted by Gasteiger charge is 2.35. The Morgan fingerprint density at radius 3 is 2.78 bits per heavy atom. The molecule has 3 aliphatic rings. The van der Waals surface area contributed by atoms with Crippen LogP contribution in [0.25, 0.3) is 16.5 Å². The number of aromatic nitrogens is 1. The van der Waals surface area contributed by atoms with Gasteiger partial charge in [0.25, 0.3) is 11.8 Å². The number of hydrazine groups is 1. The fourth-order valence-electron chi connectivity index (χ4n) is 4.85. The molecule has 2 amide bonds. The van der Waals surface area contributed by atoms with Crippen LogP contribution in [0.3, 0.4) is 0 Å². The van der Waals surface area contributed by atoms with Crippen molar-refractivity contribution in [3.8, 4) is 0 Å². The van der Waals surface area contributed by atoms with Crippen molar-refractivity contribution in [1.29, 1.82) is 0 Å². The molecule has 7 nitrogen and oxygen atoms in total. The molecule has 1 aromatic heterocycles. The second-order valence-corrected chi connectivity index (χ2v) is 7.91. The van der Waals surface area contributed by atoms with Gasteiger partial charge in [-0.3, -0.25) is 19.4 Å². The van der Waals surface area contributed by atoms with Crippen molar-refractivity contribution in [2.24, 2.45) is 11.8 Å². The number of amides is 2. The number of nitrogens with zero attached hydrogens (tertiary/aromatic N) is 3. The van der Waals surface area contributed by atoms with Crippen LogP contribution in [0.2, 0.25) is 0 Å². The van der Waals surface area contributed by atoms with Gasteiger partial charge >= 0.3 is 0 Å². The lowest BCUT2D eigenvalue weighted by Gasteiger charge is -2.41. The highest BCUT2D eigenvalue weighted by Crippen LogP contribution is 2.40. The SMILES string of the molecule is CN1C[C@H](CN2CC(=O)N(N)C(=O)C2)C=C2c3cccc4[nH]cc(c34)C[C@H]21. The molecule has 1 aromatic carbocycles. The molecule has 0 saturated carbocycles. The number of carbonyl (C=O) groups is 2. The van der Waals surface area contributed by atoms with Crippen molar-refractivity contribution in [3.05, 3.63) is 41.6 Å². The second kappa shape index (κ2) is 6.02. The first-order chi connectivity index (χ1) is 13.0. The number of rotatable bonds is 2. The highest BCUT2D eigenvalue weighted by atomic mass is 16.2. The number of fused-ring (bicyclic) bond motifs is 2. The first-order valence-electron chi connectivity index (χ1n) is 9.35. The van der Waals surface area contributed by atoms with E-state index in [1.54, 1.807) is 0 Å². The standard InChI is InChI=1S/C20H23N5O2/c1-23-8-12(9-24-10-18(26)25(21)19(27)11-24)5-15-14-3-2-4-16-20(14)13(7-22-16)6-17(15)23/h2-5,7,12,17,22H,6,8-11,21H2,1H3/t12-,17-/m1/s1. The number of imide groups is 1. The largest absolute Gasteiger partial charge is 0.361 e. The van der Waals surface area contributed by atoms with Crippen LogP contribution in [0.5, 0.6) is 0 Å². The van der Waals surface area contributed by atoms with Crippen molar-refractivity contribution in [2.75, 3.05) is 33.2 Å². The Labute approximate surface area is 157 Å². The number of aromatic amines is 1. The Bertz CT molecular complexity index is 960. The van der Waals surface area contributed by atoms with Crippen LogP contribution >= 0.6 is 0 Å². The van der Waals surface area contributed by atoms with Gasteiger partial charge in [-0.2, -0.15) is 0 Å². The Kier molecular flexibility index (Phi) is 3.72. The van der Waals surface area contributed by atoms with E-state index >= 15 is 0 Å². The number of carbonyl (C=O) groups excluding carboxylic acids is 2. The minimum Gasteiger partial charge on any atom is -0.361 e. The molecule has 3 N–H and O–H groups in total. The van der Waals surface area contributed by atoms with Crippen molar-refractivity contribution in [2.45, 2.75) is 12.5 Å². The summed E-state index contributed by atoms with van der Waals surface area (Å²) in [5.74, 6) is 5.09. The third-order valence-corrected chi connectivity index (χ3v) is 6.09. The van der Waals surface area contributed by atoms with E-state index in [-0.39, 0.29) is 30.8 Å². The zero-order valence-corrected chi connectivity index (χ0v) is 15.3. The van der Waals surface area contributed by atoms with Crippen LogP contribution < -0.4 is 5.84 Å². The number of benzene rings is 1. The van der Waals surface area contributed by atoms with Crippen LogP contribution in [-0.2, 0) is 16.0 Å². The molecule has 7 heteroatoms. The minimum atomic E-state index is -0.333. The lowest BCUT2D eigenvalue weighted by molar-refractivity contribution is -0.151. The molecule has 2 aromatic rings. The van der Waals surface area contributed by atoms with Gasteiger partial charge in [-0.25, -0.2) is 10.9 Å². The lowest BCUT2D eigenvalue weighted by atomic mass is 9.80. The first-order valence-corrected chi connectivity index (χ1v) is 9.35. The van der Waals surface area contributed by atoms with Crippen LogP contribution in [0, 0.1) is 5.92 Å². The van der Waals surface area contributed by atoms with Gasteiger partial charge in [-0.1, -0.05) is 18.2 Å². The number of nitrogens with two attached hydrogens (primary N) is 1. The third-order valence-electron chi connectivity index (χ3n) is 6.09. The van der Waals surface area contributed by atoms with Gasteiger partial charge < -0.3 is 4.98 Å². The van der Waals surface area contributed by atoms with E-state index in [0.717, 1.165) is 18.0 Å². The summed E-state index contributed by atoms with van der Waals surface area (Å²) < 4.78 is 0. The topological polar surface area (TPSA) is 85.7 Å². The van der Waals surface area contributed by atoms with Crippen LogP contribution in [0.15, 0.2) is 30.5 Å². The summed E-state index contributed by atoms with van der Waals surface area (Å²) in [5.41, 5.74) is 5.22. The molecule has 140 valence electrons. The van der Waals surface area contributed by atoms with E-state index in [1.165, 1.54) is 27.6 Å². The summed E-state index contributed by atoms with van der Waals surface area (Å²) >= 11 is 0. The predicted molar refractivity (Wildman–Crippen MR) is 102 cm³/mol. The Balaban J connectivity index is 1.46. The van der Waals surface area contributed by atoms with Gasteiger partial charge in [0.2, 0.25) is 0 Å². The lowest BCUT2D eigenvalue weighted by Crippen LogP contribution is -2.58. The summed E-state index contributed by atoms with van der Waals surface area (Å²) in [6, 6.07) is 6.80. The fraction of sp³-hybridized carbons (Fsp3) is 0.400. The number of hydrogen-bond acceptors (Lipinski definition) is 5. The van der Waals surface area contributed by atoms with Gasteiger partial charge in [0, 0.05) is 42.1 Å². The Morgan fingerprint density at radius 1 is 1.22 bits per heavy atom. The quantitative estimate of drug-likeness (QED) is 0.462. The summed E-state index contributed by atoms with van der Waals surface area (Å²) in [5, 5.41) is 2.07. The number of nitrogens with one attached hydrogen (secondary N) is 1. The van der Waals surface area contributed by atoms with Crippen LogP contribution in [0.4, 0.5) is 0 Å². The normalized spacial score (nSPS) is 26.4. The summed E-state index contributed by atoms with van der Waals surface area (Å²) in [6.07, 6.45) is 5.50. The third kappa shape index (κ3) is 2.62. The monoisotopic (exact) mass is 365 g/mol. The van der Waals surface area contributed by atoms with Crippen molar-refractivity contribution in [1.82, 2.24) is 19.8 Å². The zero-order chi connectivity index (χ0) is 18.7. The van der Waals surface area contributed by atoms with E-state index < -0.39 is 0 Å². The Hall–Kier alpha value is -2.48. The zero-order valence-electron chi connectivity index (χ0n) is 15.3. The van der Waals surface area contributed by atoms with Crippen molar-refractivity contribution >= 4 is 28.3 Å². The highest BCUT2D eigenvalue weighted by molar-refractivity contribution is 5.99. The maximum atomic E-state index is 11.9. The van der Waals surface area contributed by atoms with Gasteiger partial charge in [0.1, 0.15) is 0 Å². The van der Waals surface area contributed by atoms with Gasteiger partial charge in [0.05, 0.1) is 13.1 Å². The second-order valence-electron chi connectivity index (χ2n) is 7.91. The smallest absolute Gasteiger partial charge is 0.257 e. The van der Waals surface area contributed by atoms with E-state index in [4.69, 9.17) is 5.84 Å². The van der Waals surface area contributed by atoms with Gasteiger partial charge in [-0.05, 0) is 36.2 Å². The number of piperazine rings is 1. The molecule has 1 saturated heterocycles. The molecule has 27 heavy (non-hydrogen) atoms. The van der Waals surface area contributed by atoms with Gasteiger partial charge in [0.15, 0.2) is 0 Å². The molecule has 0 radical (unpaired) electrons. The average Bonchev–Trinajstić information content (AvgIpc) is 3.05. The molecule has 1 aliphatic carbocycles. The molecule has 0 unspecified atom stereocenters. The molecule has 5 rings (SSSR count). The van der Waals surface area contributed by atoms with E-state index in [0.29, 0.717) is 12.6 Å². The Morgan fingerprint density at radius 2 is 2.00 bits per heavy atom. The average molecular weight is 365 g/mol. The molecule has 0 spiro atoms. The number of hydrogen-bond donors (Lipinski definition) is 2. The fourth-order valence-corrected chi connectivity index (χ4v) is 4.85. The summed E-state index contributed by atoms with van der Waals surface area (Å²) in [7, 11) is 2.16. The minimum absolute atomic E-state index is 0.201. The van der Waals surface area contributed by atoms with E-state index in [2.05, 4.69) is 47.4 Å². The predicted octanol–water partition coefficient (Wildman–Crippen LogP) is 0.582. The van der Waals surface area contributed by atoms with Crippen LogP contribution in [0.1, 0.15) is 11.1 Å². The van der Waals surface area contributed by atoms with Crippen LogP contribution in [-0.4, -0.2) is 70.9 Å². The molecule has 2 atom stereocenters. The molecule has 1 fully saturated rings. The first kappa shape index (κ1) is 16.7. The molecule has 2 aliphatic heterocycles. The molecule has 0 bridgehead atoms. The molecular formula is C20H23N5O2. The maximum Gasteiger partial charge on any atom is 0.257 e. The number of likely N-dealkylation sites (N-methyl/N-ethyl adjacent to an activating group) is 1. The molecule has 3 heterocycles. The molecular weight excluding hydrogens is 342 g/mol. The van der Waals surface area contributed by atoms with E-state index in [1.807, 2.05) is 4.90 Å². The summed E-state index contributed by atoms with van der Waals surface area (Å²) in [6.45, 7) is 2.00. The maximum absolute atomic E-state index is 11.9. The van der Waals surface area contributed by atoms with Gasteiger partial charge in [-0.15, -0.1) is 0 Å². The summed E-state index contributed by atoms with van der Waals surface area (Å²) in [4.78, 5) is 31.5.